The topological polar surface area (TPSA) is 137 Å². The van der Waals surface area contributed by atoms with Gasteiger partial charge in [0.25, 0.3) is 5.91 Å². The summed E-state index contributed by atoms with van der Waals surface area (Å²) in [7, 11) is -4.29. The van der Waals surface area contributed by atoms with Crippen LogP contribution in [0.4, 0.5) is 28.7 Å². The molecule has 1 saturated heterocycles. The van der Waals surface area contributed by atoms with Crippen LogP contribution >= 0.6 is 18.9 Å². The monoisotopic (exact) mass is 647 g/mol. The molecule has 2 aromatic carbocycles. The van der Waals surface area contributed by atoms with Gasteiger partial charge in [-0.3, -0.25) is 9.69 Å². The van der Waals surface area contributed by atoms with Crippen LogP contribution in [0.25, 0.3) is 0 Å². The van der Waals surface area contributed by atoms with E-state index in [1.54, 1.807) is 43.7 Å². The first-order valence-electron chi connectivity index (χ1n) is 13.3. The van der Waals surface area contributed by atoms with Crippen molar-refractivity contribution in [1.29, 1.82) is 0 Å². The van der Waals surface area contributed by atoms with E-state index in [0.29, 0.717) is 72.1 Å². The van der Waals surface area contributed by atoms with Crippen LogP contribution in [0, 0.1) is 0 Å². The molecule has 3 aromatic rings. The zero-order valence-electron chi connectivity index (χ0n) is 24.4. The zero-order chi connectivity index (χ0) is 31.4. The summed E-state index contributed by atoms with van der Waals surface area (Å²) in [6.07, 6.45) is 4.27. The predicted octanol–water partition coefficient (Wildman–Crippen LogP) is 3.84. The highest BCUT2D eigenvalue weighted by Gasteiger charge is 2.25. The van der Waals surface area contributed by atoms with Crippen LogP contribution in [-0.2, 0) is 19.4 Å². The number of para-hydroxylation sites is 1. The highest BCUT2D eigenvalue weighted by atomic mass is 35.5. The fourth-order valence-corrected chi connectivity index (χ4v) is 6.79. The number of amides is 1. The van der Waals surface area contributed by atoms with Crippen molar-refractivity contribution in [1.82, 2.24) is 19.2 Å². The molecule has 0 radical (unpaired) electrons. The summed E-state index contributed by atoms with van der Waals surface area (Å²) >= 11 is 6.60. The van der Waals surface area contributed by atoms with E-state index in [-0.39, 0.29) is 11.9 Å². The molecular formula is C28H35ClN7O5PS. The minimum atomic E-state index is -3.23. The maximum Gasteiger partial charge on any atom is 0.252 e. The standard InChI is InChI=1S/C28H35ClN7O5PS/c1-20(19-34-12-14-35(15-13-34)43(5,39)40)27(37)32-21-10-11-25(41-2)23(16-21)33-28-30-17-22(18-31-28)36(29)24-8-6-7-9-26(24)42(3,4)38/h6-11,16-18H,1,12-15,19H2,2-5H3,(H,32,37)(H,30,31,33). The summed E-state index contributed by atoms with van der Waals surface area (Å²) in [5.41, 5.74) is 2.44. The Morgan fingerprint density at radius 2 is 1.77 bits per heavy atom. The van der Waals surface area contributed by atoms with Crippen LogP contribution in [0.2, 0.25) is 0 Å². The maximum absolute atomic E-state index is 12.9. The summed E-state index contributed by atoms with van der Waals surface area (Å²) in [6, 6.07) is 12.3. The normalized spacial score (nSPS) is 14.6. The molecular weight excluding hydrogens is 613 g/mol. The number of carbonyl (C=O) groups excluding carboxylic acids is 1. The van der Waals surface area contributed by atoms with E-state index in [1.165, 1.54) is 34.5 Å². The third-order valence-electron chi connectivity index (χ3n) is 6.78. The first-order chi connectivity index (χ1) is 20.3. The van der Waals surface area contributed by atoms with Crippen LogP contribution in [0.15, 0.2) is 67.0 Å². The quantitative estimate of drug-likeness (QED) is 0.179. The molecule has 4 rings (SSSR count). The van der Waals surface area contributed by atoms with Gasteiger partial charge in [0.15, 0.2) is 0 Å². The van der Waals surface area contributed by atoms with Crippen molar-refractivity contribution in [2.75, 3.05) is 74.5 Å². The number of hydrogen-bond donors (Lipinski definition) is 2. The molecule has 0 atom stereocenters. The molecule has 0 spiro atoms. The van der Waals surface area contributed by atoms with Gasteiger partial charge in [0.2, 0.25) is 16.0 Å². The Bertz CT molecular complexity index is 1640. The molecule has 1 aromatic heterocycles. The minimum absolute atomic E-state index is 0.262. The SMILES string of the molecule is C=C(CN1CCN(S(C)(=O)=O)CC1)C(=O)Nc1ccc(OC)c(Nc2ncc(N(Cl)c3ccccc3P(C)(C)=O)cn2)c1. The number of piperazine rings is 1. The van der Waals surface area contributed by atoms with Crippen molar-refractivity contribution >= 4 is 68.9 Å². The number of hydrogen-bond acceptors (Lipinski definition) is 10. The number of halogens is 1. The Kier molecular flexibility index (Phi) is 10.1. The number of sulfonamides is 1. The Labute approximate surface area is 257 Å². The molecule has 1 amide bonds. The minimum Gasteiger partial charge on any atom is -0.495 e. The number of methoxy groups -OCH3 is 1. The van der Waals surface area contributed by atoms with E-state index < -0.39 is 17.2 Å². The molecule has 0 unspecified atom stereocenters. The Hall–Kier alpha value is -3.48. The number of benzene rings is 2. The lowest BCUT2D eigenvalue weighted by Gasteiger charge is -2.33. The van der Waals surface area contributed by atoms with Gasteiger partial charge in [-0.25, -0.2) is 22.8 Å². The van der Waals surface area contributed by atoms with Crippen molar-refractivity contribution in [2.45, 2.75) is 0 Å². The van der Waals surface area contributed by atoms with E-state index in [4.69, 9.17) is 16.5 Å². The third-order valence-corrected chi connectivity index (χ3v) is 10.00. The van der Waals surface area contributed by atoms with E-state index in [9.17, 15) is 17.8 Å². The Morgan fingerprint density at radius 3 is 2.37 bits per heavy atom. The van der Waals surface area contributed by atoms with Gasteiger partial charge in [0.1, 0.15) is 12.9 Å². The molecule has 1 fully saturated rings. The molecule has 0 bridgehead atoms. The highest BCUT2D eigenvalue weighted by molar-refractivity contribution is 7.88. The molecule has 15 heteroatoms. The van der Waals surface area contributed by atoms with Crippen LogP contribution in [0.5, 0.6) is 5.75 Å². The van der Waals surface area contributed by atoms with Crippen molar-refractivity contribution in [2.24, 2.45) is 0 Å². The van der Waals surface area contributed by atoms with Crippen molar-refractivity contribution in [3.05, 3.63) is 67.0 Å². The fraction of sp³-hybridized carbons (Fsp3) is 0.321. The molecule has 43 heavy (non-hydrogen) atoms. The molecule has 0 aliphatic carbocycles. The van der Waals surface area contributed by atoms with Gasteiger partial charge in [-0.15, -0.1) is 0 Å². The number of aromatic nitrogens is 2. The number of anilines is 5. The van der Waals surface area contributed by atoms with E-state index >= 15 is 0 Å². The smallest absolute Gasteiger partial charge is 0.252 e. The maximum atomic E-state index is 12.9. The number of ether oxygens (including phenoxy) is 1. The van der Waals surface area contributed by atoms with Gasteiger partial charge in [-0.2, -0.15) is 4.31 Å². The van der Waals surface area contributed by atoms with Crippen LogP contribution < -0.4 is 25.1 Å². The molecule has 1 aliphatic heterocycles. The van der Waals surface area contributed by atoms with Crippen LogP contribution in [0.3, 0.4) is 0 Å². The molecule has 1 aliphatic rings. The van der Waals surface area contributed by atoms with Gasteiger partial charge in [0.05, 0.1) is 42.8 Å². The van der Waals surface area contributed by atoms with Crippen molar-refractivity contribution in [3.8, 4) is 5.75 Å². The third kappa shape index (κ3) is 8.33. The largest absolute Gasteiger partial charge is 0.495 e. The second-order valence-electron chi connectivity index (χ2n) is 10.4. The van der Waals surface area contributed by atoms with E-state index in [1.807, 2.05) is 17.0 Å². The van der Waals surface area contributed by atoms with Gasteiger partial charge < -0.3 is 19.9 Å². The lowest BCUT2D eigenvalue weighted by molar-refractivity contribution is -0.113. The van der Waals surface area contributed by atoms with E-state index in [2.05, 4.69) is 27.2 Å². The van der Waals surface area contributed by atoms with Crippen molar-refractivity contribution in [3.63, 3.8) is 0 Å². The lowest BCUT2D eigenvalue weighted by atomic mass is 10.2. The molecule has 2 N–H and O–H groups in total. The summed E-state index contributed by atoms with van der Waals surface area (Å²) < 4.78 is 44.5. The van der Waals surface area contributed by atoms with Gasteiger partial charge in [0, 0.05) is 61.1 Å². The molecule has 230 valence electrons. The summed E-state index contributed by atoms with van der Waals surface area (Å²) in [4.78, 5) is 23.6. The first kappa shape index (κ1) is 32.4. The average Bonchev–Trinajstić information content (AvgIpc) is 2.96. The number of nitrogens with zero attached hydrogens (tertiary/aromatic N) is 5. The summed E-state index contributed by atoms with van der Waals surface area (Å²) in [5.74, 6) is 0.412. The average molecular weight is 648 g/mol. The number of carbonyl (C=O) groups is 1. The summed E-state index contributed by atoms with van der Waals surface area (Å²) in [5, 5.41) is 6.59. The van der Waals surface area contributed by atoms with Gasteiger partial charge in [-0.1, -0.05) is 18.7 Å². The zero-order valence-corrected chi connectivity index (χ0v) is 26.9. The predicted molar refractivity (Wildman–Crippen MR) is 172 cm³/mol. The highest BCUT2D eigenvalue weighted by Crippen LogP contribution is 2.40. The van der Waals surface area contributed by atoms with Gasteiger partial charge in [-0.05, 0) is 43.7 Å². The first-order valence-corrected chi connectivity index (χ1v) is 18.1. The second kappa shape index (κ2) is 13.4. The second-order valence-corrected chi connectivity index (χ2v) is 15.9. The molecule has 2 heterocycles. The lowest BCUT2D eigenvalue weighted by Crippen LogP contribution is -2.49. The number of nitrogens with one attached hydrogen (secondary N) is 2. The van der Waals surface area contributed by atoms with Crippen LogP contribution in [-0.4, -0.2) is 92.9 Å². The van der Waals surface area contributed by atoms with Gasteiger partial charge >= 0.3 is 0 Å². The Balaban J connectivity index is 1.41. The molecule has 12 nitrogen and oxygen atoms in total. The number of rotatable bonds is 11. The molecule has 0 saturated carbocycles. The van der Waals surface area contributed by atoms with Crippen LogP contribution in [0.1, 0.15) is 0 Å². The van der Waals surface area contributed by atoms with Crippen molar-refractivity contribution < 1.29 is 22.5 Å². The Morgan fingerprint density at radius 1 is 1.12 bits per heavy atom. The summed E-state index contributed by atoms with van der Waals surface area (Å²) in [6.45, 7) is 9.39. The fourth-order valence-electron chi connectivity index (χ4n) is 4.50. The van der Waals surface area contributed by atoms with E-state index in [0.717, 1.165) is 0 Å².